The van der Waals surface area contributed by atoms with E-state index in [1.807, 2.05) is 38.1 Å². The molecular formula is C14H20N2O3. The number of urea groups is 1. The van der Waals surface area contributed by atoms with Gasteiger partial charge < -0.3 is 10.4 Å². The molecule has 2 amide bonds. The molecule has 1 unspecified atom stereocenters. The highest BCUT2D eigenvalue weighted by Gasteiger charge is 2.17. The summed E-state index contributed by atoms with van der Waals surface area (Å²) < 4.78 is 0. The van der Waals surface area contributed by atoms with E-state index >= 15 is 0 Å². The average molecular weight is 264 g/mol. The molecule has 104 valence electrons. The molecular weight excluding hydrogens is 244 g/mol. The number of hydrogen-bond acceptors (Lipinski definition) is 2. The van der Waals surface area contributed by atoms with E-state index in [0.29, 0.717) is 6.54 Å². The van der Waals surface area contributed by atoms with Gasteiger partial charge >= 0.3 is 12.0 Å². The molecule has 0 saturated heterocycles. The summed E-state index contributed by atoms with van der Waals surface area (Å²) >= 11 is 0. The van der Waals surface area contributed by atoms with Gasteiger partial charge in [0.25, 0.3) is 0 Å². The van der Waals surface area contributed by atoms with Crippen molar-refractivity contribution in [1.82, 2.24) is 5.32 Å². The Hall–Kier alpha value is -2.04. The lowest BCUT2D eigenvalue weighted by molar-refractivity contribution is -0.137. The second-order valence-electron chi connectivity index (χ2n) is 4.53. The Labute approximate surface area is 113 Å². The summed E-state index contributed by atoms with van der Waals surface area (Å²) in [6.07, 6.45) is -0.0862. The monoisotopic (exact) mass is 264 g/mol. The molecule has 0 aliphatic heterocycles. The number of carbonyl (C=O) groups is 2. The smallest absolute Gasteiger partial charge is 0.322 e. The molecule has 1 atom stereocenters. The lowest BCUT2D eigenvalue weighted by Gasteiger charge is -2.24. The quantitative estimate of drug-likeness (QED) is 0.858. The van der Waals surface area contributed by atoms with Crippen molar-refractivity contribution in [3.63, 3.8) is 0 Å². The molecule has 0 spiro atoms. The van der Waals surface area contributed by atoms with Crippen molar-refractivity contribution in [2.75, 3.05) is 11.4 Å². The van der Waals surface area contributed by atoms with E-state index in [0.717, 1.165) is 11.3 Å². The molecule has 0 bridgehead atoms. The maximum absolute atomic E-state index is 12.1. The van der Waals surface area contributed by atoms with Crippen LogP contribution in [-0.4, -0.2) is 29.7 Å². The summed E-state index contributed by atoms with van der Waals surface area (Å²) in [4.78, 5) is 24.3. The van der Waals surface area contributed by atoms with Gasteiger partial charge in [0, 0.05) is 18.3 Å². The van der Waals surface area contributed by atoms with Crippen LogP contribution in [-0.2, 0) is 4.79 Å². The molecule has 5 nitrogen and oxygen atoms in total. The lowest BCUT2D eigenvalue weighted by Crippen LogP contribution is -2.44. The van der Waals surface area contributed by atoms with E-state index in [9.17, 15) is 9.59 Å². The first-order chi connectivity index (χ1) is 8.93. The molecule has 0 radical (unpaired) electrons. The molecule has 0 fully saturated rings. The second-order valence-corrected chi connectivity index (χ2v) is 4.53. The average Bonchev–Trinajstić information content (AvgIpc) is 2.28. The normalized spacial score (nSPS) is 11.7. The van der Waals surface area contributed by atoms with Crippen molar-refractivity contribution in [3.8, 4) is 0 Å². The maximum Gasteiger partial charge on any atom is 0.322 e. The SMILES string of the molecule is CCN(C(=O)NC(C)CC(=O)O)c1cccc(C)c1. The number of nitrogens with one attached hydrogen (secondary N) is 1. The third-order valence-corrected chi connectivity index (χ3v) is 2.73. The zero-order valence-corrected chi connectivity index (χ0v) is 11.5. The van der Waals surface area contributed by atoms with Crippen LogP contribution in [0.25, 0.3) is 0 Å². The number of carboxylic acid groups (broad SMARTS) is 1. The Balaban J connectivity index is 2.74. The molecule has 0 aromatic heterocycles. The molecule has 1 aromatic rings. The topological polar surface area (TPSA) is 69.6 Å². The van der Waals surface area contributed by atoms with E-state index in [1.165, 1.54) is 0 Å². The van der Waals surface area contributed by atoms with Gasteiger partial charge in [0.1, 0.15) is 0 Å². The molecule has 1 rings (SSSR count). The minimum atomic E-state index is -0.925. The minimum Gasteiger partial charge on any atom is -0.481 e. The van der Waals surface area contributed by atoms with Crippen molar-refractivity contribution in [3.05, 3.63) is 29.8 Å². The Bertz CT molecular complexity index is 460. The van der Waals surface area contributed by atoms with Crippen LogP contribution in [0.2, 0.25) is 0 Å². The first kappa shape index (κ1) is 15.0. The molecule has 19 heavy (non-hydrogen) atoms. The van der Waals surface area contributed by atoms with E-state index in [-0.39, 0.29) is 12.5 Å². The highest BCUT2D eigenvalue weighted by Crippen LogP contribution is 2.15. The Morgan fingerprint density at radius 2 is 2.11 bits per heavy atom. The standard InChI is InChI=1S/C14H20N2O3/c1-4-16(12-7-5-6-10(2)8-12)14(19)15-11(3)9-13(17)18/h5-8,11H,4,9H2,1-3H3,(H,15,19)(H,17,18). The first-order valence-corrected chi connectivity index (χ1v) is 6.30. The number of aliphatic carboxylic acids is 1. The molecule has 1 aromatic carbocycles. The molecule has 0 saturated carbocycles. The summed E-state index contributed by atoms with van der Waals surface area (Å²) in [5.41, 5.74) is 1.88. The lowest BCUT2D eigenvalue weighted by atomic mass is 10.2. The second kappa shape index (κ2) is 6.78. The van der Waals surface area contributed by atoms with Crippen LogP contribution in [0.15, 0.2) is 24.3 Å². The van der Waals surface area contributed by atoms with Crippen LogP contribution < -0.4 is 10.2 Å². The molecule has 0 aliphatic carbocycles. The number of hydrogen-bond donors (Lipinski definition) is 2. The minimum absolute atomic E-state index is 0.0862. The molecule has 2 N–H and O–H groups in total. The summed E-state index contributed by atoms with van der Waals surface area (Å²) in [5.74, 6) is -0.925. The fourth-order valence-corrected chi connectivity index (χ4v) is 1.84. The summed E-state index contributed by atoms with van der Waals surface area (Å²) in [6.45, 7) is 6.04. The van der Waals surface area contributed by atoms with Crippen molar-refractivity contribution in [1.29, 1.82) is 0 Å². The van der Waals surface area contributed by atoms with Gasteiger partial charge in [0.2, 0.25) is 0 Å². The van der Waals surface area contributed by atoms with Gasteiger partial charge in [-0.3, -0.25) is 9.69 Å². The highest BCUT2D eigenvalue weighted by atomic mass is 16.4. The fourth-order valence-electron chi connectivity index (χ4n) is 1.84. The third-order valence-electron chi connectivity index (χ3n) is 2.73. The van der Waals surface area contributed by atoms with Gasteiger partial charge in [-0.1, -0.05) is 12.1 Å². The van der Waals surface area contributed by atoms with E-state index in [4.69, 9.17) is 5.11 Å². The molecule has 5 heteroatoms. The van der Waals surface area contributed by atoms with Crippen LogP contribution in [0.4, 0.5) is 10.5 Å². The van der Waals surface area contributed by atoms with E-state index < -0.39 is 12.0 Å². The summed E-state index contributed by atoms with van der Waals surface area (Å²) in [7, 11) is 0. The van der Waals surface area contributed by atoms with E-state index in [2.05, 4.69) is 5.32 Å². The number of nitrogens with zero attached hydrogens (tertiary/aromatic N) is 1. The Morgan fingerprint density at radius 3 is 2.63 bits per heavy atom. The number of carboxylic acids is 1. The zero-order chi connectivity index (χ0) is 14.4. The highest BCUT2D eigenvalue weighted by molar-refractivity contribution is 5.92. The van der Waals surface area contributed by atoms with Gasteiger partial charge in [-0.2, -0.15) is 0 Å². The van der Waals surface area contributed by atoms with Gasteiger partial charge in [0.05, 0.1) is 6.42 Å². The number of amides is 2. The van der Waals surface area contributed by atoms with Crippen LogP contribution in [0.1, 0.15) is 25.8 Å². The van der Waals surface area contributed by atoms with Crippen LogP contribution in [0.5, 0.6) is 0 Å². The number of anilines is 1. The third kappa shape index (κ3) is 4.62. The number of carbonyl (C=O) groups excluding carboxylic acids is 1. The largest absolute Gasteiger partial charge is 0.481 e. The zero-order valence-electron chi connectivity index (χ0n) is 11.5. The maximum atomic E-state index is 12.1. The van der Waals surface area contributed by atoms with Gasteiger partial charge in [-0.05, 0) is 38.5 Å². The van der Waals surface area contributed by atoms with Crippen molar-refractivity contribution in [2.45, 2.75) is 33.2 Å². The number of rotatable bonds is 5. The molecule has 0 heterocycles. The number of benzene rings is 1. The number of aryl methyl sites for hydroxylation is 1. The summed E-state index contributed by atoms with van der Waals surface area (Å²) in [6, 6.07) is 6.96. The predicted octanol–water partition coefficient (Wildman–Crippen LogP) is 2.39. The predicted molar refractivity (Wildman–Crippen MR) is 74.4 cm³/mol. The summed E-state index contributed by atoms with van der Waals surface area (Å²) in [5, 5.41) is 11.4. The molecule has 0 aliphatic rings. The van der Waals surface area contributed by atoms with Crippen molar-refractivity contribution < 1.29 is 14.7 Å². The van der Waals surface area contributed by atoms with Gasteiger partial charge in [-0.25, -0.2) is 4.79 Å². The Morgan fingerprint density at radius 1 is 1.42 bits per heavy atom. The van der Waals surface area contributed by atoms with Crippen molar-refractivity contribution in [2.24, 2.45) is 0 Å². The first-order valence-electron chi connectivity index (χ1n) is 6.30. The fraction of sp³-hybridized carbons (Fsp3) is 0.429. The van der Waals surface area contributed by atoms with Crippen LogP contribution in [0.3, 0.4) is 0 Å². The van der Waals surface area contributed by atoms with Crippen molar-refractivity contribution >= 4 is 17.7 Å². The Kier molecular flexibility index (Phi) is 5.36. The van der Waals surface area contributed by atoms with E-state index in [1.54, 1.807) is 11.8 Å². The van der Waals surface area contributed by atoms with Gasteiger partial charge in [0.15, 0.2) is 0 Å². The van der Waals surface area contributed by atoms with Gasteiger partial charge in [-0.15, -0.1) is 0 Å². The van der Waals surface area contributed by atoms with Crippen LogP contribution >= 0.6 is 0 Å². The van der Waals surface area contributed by atoms with Crippen LogP contribution in [0, 0.1) is 6.92 Å².